The molecule has 1 fully saturated rings. The van der Waals surface area contributed by atoms with Crippen molar-refractivity contribution in [1.82, 2.24) is 0 Å². The Morgan fingerprint density at radius 2 is 2.09 bits per heavy atom. The van der Waals surface area contributed by atoms with Crippen molar-refractivity contribution in [1.29, 1.82) is 0 Å². The number of hydrogen-bond donors (Lipinski definition) is 0. The summed E-state index contributed by atoms with van der Waals surface area (Å²) in [5, 5.41) is 0. The van der Waals surface area contributed by atoms with Gasteiger partial charge in [-0.15, -0.1) is 11.8 Å². The molecule has 1 unspecified atom stereocenters. The number of thioether (sulfide) groups is 1. The fraction of sp³-hybridized carbons (Fsp3) is 0.263. The number of halogens is 1. The normalized spacial score (nSPS) is 17.4. The number of nitrogens with zero attached hydrogens (tertiary/aromatic N) is 1. The molecule has 0 saturated carbocycles. The molecule has 0 aromatic heterocycles. The van der Waals surface area contributed by atoms with E-state index in [0.717, 1.165) is 45.6 Å². The Balaban J connectivity index is 1.94. The molecule has 3 rings (SSSR count). The van der Waals surface area contributed by atoms with Crippen molar-refractivity contribution >= 4 is 44.8 Å². The van der Waals surface area contributed by atoms with Gasteiger partial charge in [0.15, 0.2) is 0 Å². The Kier molecular flexibility index (Phi) is 5.74. The maximum atomic E-state index is 5.90. The zero-order chi connectivity index (χ0) is 16.1. The number of ether oxygens (including phenoxy) is 1. The highest BCUT2D eigenvalue weighted by atomic mass is 79.9. The monoisotopic (exact) mass is 387 g/mol. The second-order valence-corrected chi connectivity index (χ2v) is 7.43. The van der Waals surface area contributed by atoms with Crippen molar-refractivity contribution in [2.24, 2.45) is 4.99 Å². The van der Waals surface area contributed by atoms with Crippen LogP contribution in [-0.4, -0.2) is 18.2 Å². The van der Waals surface area contributed by atoms with Crippen LogP contribution >= 0.6 is 27.7 Å². The lowest BCUT2D eigenvalue weighted by Crippen LogP contribution is -2.09. The van der Waals surface area contributed by atoms with Crippen LogP contribution < -0.4 is 0 Å². The van der Waals surface area contributed by atoms with Gasteiger partial charge in [0.2, 0.25) is 0 Å². The summed E-state index contributed by atoms with van der Waals surface area (Å²) in [6.07, 6.45) is 1.11. The quantitative estimate of drug-likeness (QED) is 0.601. The summed E-state index contributed by atoms with van der Waals surface area (Å²) in [5.74, 6) is 4.30. The van der Waals surface area contributed by atoms with Crippen LogP contribution in [0.1, 0.15) is 29.9 Å². The molecule has 1 aliphatic rings. The van der Waals surface area contributed by atoms with E-state index in [2.05, 4.69) is 45.0 Å². The third-order valence-corrected chi connectivity index (χ3v) is 5.33. The number of rotatable bonds is 3. The van der Waals surface area contributed by atoms with Gasteiger partial charge in [0.25, 0.3) is 0 Å². The molecule has 2 nitrogen and oxygen atoms in total. The molecule has 2 aromatic rings. The fourth-order valence-electron chi connectivity index (χ4n) is 2.38. The SMILES string of the molecule is CC(=C=Nc1ccc(Br)cc1C1OCCCS1)c1ccccc1. The van der Waals surface area contributed by atoms with Crippen LogP contribution in [0, 0.1) is 0 Å². The lowest BCUT2D eigenvalue weighted by atomic mass is 10.1. The molecular formula is C19H18BrNOS. The highest BCUT2D eigenvalue weighted by Gasteiger charge is 2.19. The van der Waals surface area contributed by atoms with Crippen LogP contribution in [0.3, 0.4) is 0 Å². The molecule has 118 valence electrons. The van der Waals surface area contributed by atoms with Crippen LogP contribution in [0.5, 0.6) is 0 Å². The van der Waals surface area contributed by atoms with Gasteiger partial charge in [-0.3, -0.25) is 0 Å². The van der Waals surface area contributed by atoms with Crippen LogP contribution in [-0.2, 0) is 4.74 Å². The van der Waals surface area contributed by atoms with E-state index in [1.54, 1.807) is 0 Å². The predicted molar refractivity (Wildman–Crippen MR) is 103 cm³/mol. The molecule has 0 N–H and O–H groups in total. The van der Waals surface area contributed by atoms with Gasteiger partial charge in [-0.05, 0) is 48.7 Å². The summed E-state index contributed by atoms with van der Waals surface area (Å²) in [6, 6.07) is 16.3. The number of hydrogen-bond acceptors (Lipinski definition) is 3. The van der Waals surface area contributed by atoms with Gasteiger partial charge >= 0.3 is 0 Å². The maximum Gasteiger partial charge on any atom is 0.130 e. The molecule has 0 amide bonds. The van der Waals surface area contributed by atoms with Crippen molar-refractivity contribution in [3.8, 4) is 0 Å². The Bertz CT molecular complexity index is 732. The Morgan fingerprint density at radius 1 is 1.26 bits per heavy atom. The molecule has 1 saturated heterocycles. The lowest BCUT2D eigenvalue weighted by molar-refractivity contribution is 0.107. The predicted octanol–water partition coefficient (Wildman–Crippen LogP) is 6.01. The first-order valence-electron chi connectivity index (χ1n) is 7.62. The second kappa shape index (κ2) is 7.98. The van der Waals surface area contributed by atoms with E-state index in [4.69, 9.17) is 4.74 Å². The molecule has 0 bridgehead atoms. The van der Waals surface area contributed by atoms with E-state index in [-0.39, 0.29) is 5.44 Å². The molecule has 4 heteroatoms. The van der Waals surface area contributed by atoms with E-state index in [1.165, 1.54) is 0 Å². The third kappa shape index (κ3) is 4.36. The van der Waals surface area contributed by atoms with E-state index < -0.39 is 0 Å². The first-order valence-corrected chi connectivity index (χ1v) is 9.46. The van der Waals surface area contributed by atoms with Gasteiger partial charge in [0, 0.05) is 22.2 Å². The van der Waals surface area contributed by atoms with Crippen LogP contribution in [0.25, 0.3) is 5.57 Å². The summed E-state index contributed by atoms with van der Waals surface area (Å²) in [6.45, 7) is 2.84. The summed E-state index contributed by atoms with van der Waals surface area (Å²) in [5.41, 5.74) is 4.24. The average molecular weight is 388 g/mol. The number of benzene rings is 2. The van der Waals surface area contributed by atoms with Gasteiger partial charge in [-0.2, -0.15) is 0 Å². The summed E-state index contributed by atoms with van der Waals surface area (Å²) in [4.78, 5) is 4.60. The van der Waals surface area contributed by atoms with E-state index in [0.29, 0.717) is 0 Å². The van der Waals surface area contributed by atoms with Crippen molar-refractivity contribution in [2.45, 2.75) is 18.8 Å². The fourth-order valence-corrected chi connectivity index (χ4v) is 3.82. The smallest absolute Gasteiger partial charge is 0.130 e. The van der Waals surface area contributed by atoms with Gasteiger partial charge in [0.1, 0.15) is 5.44 Å². The van der Waals surface area contributed by atoms with Gasteiger partial charge in [-0.25, -0.2) is 4.99 Å². The number of allylic oxidation sites excluding steroid dienone is 1. The molecule has 2 aromatic carbocycles. The molecule has 0 spiro atoms. The molecular weight excluding hydrogens is 370 g/mol. The van der Waals surface area contributed by atoms with Crippen LogP contribution in [0.4, 0.5) is 5.69 Å². The van der Waals surface area contributed by atoms with Gasteiger partial charge < -0.3 is 4.74 Å². The van der Waals surface area contributed by atoms with Gasteiger partial charge in [-0.1, -0.05) is 46.3 Å². The van der Waals surface area contributed by atoms with Crippen molar-refractivity contribution in [3.63, 3.8) is 0 Å². The Labute approximate surface area is 149 Å². The first kappa shape index (κ1) is 16.5. The molecule has 0 aliphatic carbocycles. The van der Waals surface area contributed by atoms with Gasteiger partial charge in [0.05, 0.1) is 5.69 Å². The summed E-state index contributed by atoms with van der Waals surface area (Å²) >= 11 is 5.38. The first-order chi connectivity index (χ1) is 11.2. The zero-order valence-electron chi connectivity index (χ0n) is 13.0. The Hall–Kier alpha value is -1.32. The topological polar surface area (TPSA) is 21.6 Å². The molecule has 23 heavy (non-hydrogen) atoms. The minimum absolute atomic E-state index is 0.0545. The number of aliphatic imine (C=N–C) groups is 1. The average Bonchev–Trinajstić information content (AvgIpc) is 2.62. The summed E-state index contributed by atoms with van der Waals surface area (Å²) < 4.78 is 6.94. The highest BCUT2D eigenvalue weighted by Crippen LogP contribution is 2.40. The molecule has 0 radical (unpaired) electrons. The van der Waals surface area contributed by atoms with E-state index in [9.17, 15) is 0 Å². The molecule has 1 aliphatic heterocycles. The van der Waals surface area contributed by atoms with Crippen molar-refractivity contribution in [2.75, 3.05) is 12.4 Å². The van der Waals surface area contributed by atoms with Crippen molar-refractivity contribution in [3.05, 3.63) is 64.1 Å². The Morgan fingerprint density at radius 3 is 2.83 bits per heavy atom. The third-order valence-electron chi connectivity index (χ3n) is 3.62. The minimum Gasteiger partial charge on any atom is -0.363 e. The lowest BCUT2D eigenvalue weighted by Gasteiger charge is -2.23. The second-order valence-electron chi connectivity index (χ2n) is 5.34. The van der Waals surface area contributed by atoms with Crippen molar-refractivity contribution < 1.29 is 4.74 Å². The largest absolute Gasteiger partial charge is 0.363 e. The standard InChI is InChI=1S/C19H18BrNOS/c1-14(15-6-3-2-4-7-15)13-21-18-9-8-16(20)12-17(18)19-22-10-5-11-23-19/h2-4,6-9,12,19H,5,10-11H2,1H3. The molecule has 1 heterocycles. The highest BCUT2D eigenvalue weighted by molar-refractivity contribution is 9.10. The van der Waals surface area contributed by atoms with Crippen LogP contribution in [0.15, 0.2) is 58.0 Å². The molecule has 1 atom stereocenters. The minimum atomic E-state index is 0.0545. The zero-order valence-corrected chi connectivity index (χ0v) is 15.4. The van der Waals surface area contributed by atoms with E-state index in [1.807, 2.05) is 49.0 Å². The van der Waals surface area contributed by atoms with E-state index >= 15 is 0 Å². The summed E-state index contributed by atoms with van der Waals surface area (Å²) in [7, 11) is 0. The van der Waals surface area contributed by atoms with Crippen LogP contribution in [0.2, 0.25) is 0 Å². The maximum absolute atomic E-state index is 5.90.